The zero-order valence-corrected chi connectivity index (χ0v) is 10.4. The molecule has 17 heavy (non-hydrogen) atoms. The summed E-state index contributed by atoms with van der Waals surface area (Å²) in [5.41, 5.74) is 1.83. The van der Waals surface area contributed by atoms with Crippen molar-refractivity contribution in [3.63, 3.8) is 0 Å². The lowest BCUT2D eigenvalue weighted by molar-refractivity contribution is -0.132. The third-order valence-corrected chi connectivity index (χ3v) is 2.70. The predicted octanol–water partition coefficient (Wildman–Crippen LogP) is 2.58. The lowest BCUT2D eigenvalue weighted by atomic mass is 10.0. The van der Waals surface area contributed by atoms with E-state index in [1.807, 2.05) is 6.07 Å². The van der Waals surface area contributed by atoms with Crippen molar-refractivity contribution in [3.05, 3.63) is 29.3 Å². The number of carbonyl (C=O) groups is 1. The van der Waals surface area contributed by atoms with Gasteiger partial charge in [-0.25, -0.2) is 4.79 Å². The maximum absolute atomic E-state index is 10.9. The van der Waals surface area contributed by atoms with E-state index >= 15 is 0 Å². The van der Waals surface area contributed by atoms with Crippen LogP contribution >= 0.6 is 0 Å². The van der Waals surface area contributed by atoms with Crippen LogP contribution in [0, 0.1) is 0 Å². The third kappa shape index (κ3) is 2.78. The number of hydrogen-bond donors (Lipinski definition) is 1. The molecule has 1 N–H and O–H groups in total. The Bertz CT molecular complexity index is 460. The Balaban J connectivity index is 3.25. The molecule has 0 atom stereocenters. The highest BCUT2D eigenvalue weighted by Crippen LogP contribution is 2.31. The van der Waals surface area contributed by atoms with E-state index in [-0.39, 0.29) is 0 Å². The van der Waals surface area contributed by atoms with Crippen molar-refractivity contribution in [2.24, 2.45) is 0 Å². The van der Waals surface area contributed by atoms with Gasteiger partial charge in [-0.1, -0.05) is 6.07 Å². The third-order valence-electron chi connectivity index (χ3n) is 2.70. The Kier molecular flexibility index (Phi) is 4.15. The van der Waals surface area contributed by atoms with Crippen molar-refractivity contribution in [1.29, 1.82) is 0 Å². The lowest BCUT2D eigenvalue weighted by Gasteiger charge is -2.10. The first-order chi connectivity index (χ1) is 8.01. The van der Waals surface area contributed by atoms with Gasteiger partial charge in [-0.2, -0.15) is 0 Å². The Hall–Kier alpha value is -1.97. The van der Waals surface area contributed by atoms with Crippen molar-refractivity contribution in [3.8, 4) is 11.5 Å². The van der Waals surface area contributed by atoms with Gasteiger partial charge in [-0.3, -0.25) is 0 Å². The van der Waals surface area contributed by atoms with Crippen LogP contribution in [0.3, 0.4) is 0 Å². The number of ether oxygens (including phenoxy) is 2. The monoisotopic (exact) mass is 236 g/mol. The minimum atomic E-state index is -0.919. The van der Waals surface area contributed by atoms with Crippen molar-refractivity contribution in [2.45, 2.75) is 13.8 Å². The van der Waals surface area contributed by atoms with E-state index < -0.39 is 5.97 Å². The van der Waals surface area contributed by atoms with Crippen LogP contribution in [0.2, 0.25) is 0 Å². The summed E-state index contributed by atoms with van der Waals surface area (Å²) >= 11 is 0. The molecular formula is C13H16O4. The number of rotatable bonds is 4. The molecule has 0 fully saturated rings. The number of carboxylic acids is 1. The summed E-state index contributed by atoms with van der Waals surface area (Å²) in [4.78, 5) is 10.9. The standard InChI is InChI=1S/C13H16O4/c1-8(9(2)13(14)15)10-5-6-11(16-3)12(7-10)17-4/h5-7H,1-4H3,(H,14,15). The summed E-state index contributed by atoms with van der Waals surface area (Å²) in [7, 11) is 3.10. The van der Waals surface area contributed by atoms with Gasteiger partial charge >= 0.3 is 5.97 Å². The summed E-state index contributed by atoms with van der Waals surface area (Å²) in [5.74, 6) is 0.289. The highest BCUT2D eigenvalue weighted by molar-refractivity contribution is 5.95. The number of methoxy groups -OCH3 is 2. The van der Waals surface area contributed by atoms with E-state index in [0.29, 0.717) is 22.6 Å². The Labute approximate surface area is 100 Å². The fourth-order valence-corrected chi connectivity index (χ4v) is 1.45. The molecule has 1 aromatic carbocycles. The van der Waals surface area contributed by atoms with Gasteiger partial charge in [0.1, 0.15) is 0 Å². The van der Waals surface area contributed by atoms with E-state index in [9.17, 15) is 4.79 Å². The van der Waals surface area contributed by atoms with Crippen molar-refractivity contribution in [1.82, 2.24) is 0 Å². The summed E-state index contributed by atoms with van der Waals surface area (Å²) < 4.78 is 10.3. The van der Waals surface area contributed by atoms with E-state index in [1.165, 1.54) is 0 Å². The second kappa shape index (κ2) is 5.39. The first-order valence-corrected chi connectivity index (χ1v) is 5.14. The lowest BCUT2D eigenvalue weighted by Crippen LogP contribution is -1.99. The molecule has 0 unspecified atom stereocenters. The average Bonchev–Trinajstić information content (AvgIpc) is 2.35. The van der Waals surface area contributed by atoms with Gasteiger partial charge in [0.2, 0.25) is 0 Å². The molecule has 92 valence electrons. The molecule has 0 radical (unpaired) electrons. The molecule has 1 aromatic rings. The Morgan fingerprint density at radius 2 is 1.71 bits per heavy atom. The zero-order valence-electron chi connectivity index (χ0n) is 10.4. The van der Waals surface area contributed by atoms with Crippen molar-refractivity contribution < 1.29 is 19.4 Å². The molecular weight excluding hydrogens is 220 g/mol. The van der Waals surface area contributed by atoms with Gasteiger partial charge in [-0.15, -0.1) is 0 Å². The first kappa shape index (κ1) is 13.1. The summed E-state index contributed by atoms with van der Waals surface area (Å²) in [5, 5.41) is 8.93. The van der Waals surface area contributed by atoms with Crippen LogP contribution in [0.1, 0.15) is 19.4 Å². The zero-order chi connectivity index (χ0) is 13.0. The maximum Gasteiger partial charge on any atom is 0.331 e. The maximum atomic E-state index is 10.9. The van der Waals surface area contributed by atoms with E-state index in [0.717, 1.165) is 5.56 Å². The van der Waals surface area contributed by atoms with E-state index in [2.05, 4.69) is 0 Å². The molecule has 4 heteroatoms. The molecule has 0 saturated carbocycles. The highest BCUT2D eigenvalue weighted by atomic mass is 16.5. The number of hydrogen-bond acceptors (Lipinski definition) is 3. The van der Waals surface area contributed by atoms with Crippen LogP contribution in [0.5, 0.6) is 11.5 Å². The van der Waals surface area contributed by atoms with E-state index in [1.54, 1.807) is 40.2 Å². The molecule has 4 nitrogen and oxygen atoms in total. The molecule has 0 spiro atoms. The van der Waals surface area contributed by atoms with E-state index in [4.69, 9.17) is 14.6 Å². The predicted molar refractivity (Wildman–Crippen MR) is 65.4 cm³/mol. The SMILES string of the molecule is COc1ccc(C(C)=C(C)C(=O)O)cc1OC. The van der Waals surface area contributed by atoms with Gasteiger partial charge in [0.15, 0.2) is 11.5 Å². The highest BCUT2D eigenvalue weighted by Gasteiger charge is 2.10. The topological polar surface area (TPSA) is 55.8 Å². The van der Waals surface area contributed by atoms with Crippen LogP contribution in [0.25, 0.3) is 5.57 Å². The molecule has 0 bridgehead atoms. The largest absolute Gasteiger partial charge is 0.493 e. The fraction of sp³-hybridized carbons (Fsp3) is 0.308. The second-order valence-electron chi connectivity index (χ2n) is 3.62. The summed E-state index contributed by atoms with van der Waals surface area (Å²) in [6.45, 7) is 3.35. The summed E-state index contributed by atoms with van der Waals surface area (Å²) in [6.07, 6.45) is 0. The first-order valence-electron chi connectivity index (χ1n) is 5.14. The smallest absolute Gasteiger partial charge is 0.331 e. The quantitative estimate of drug-likeness (QED) is 0.816. The molecule has 0 aliphatic carbocycles. The molecule has 0 aliphatic heterocycles. The molecule has 0 aliphatic rings. The minimum absolute atomic E-state index is 0.317. The van der Waals surface area contributed by atoms with Gasteiger partial charge in [0.25, 0.3) is 0 Å². The summed E-state index contributed by atoms with van der Waals surface area (Å²) in [6, 6.07) is 5.33. The van der Waals surface area contributed by atoms with Crippen LogP contribution < -0.4 is 9.47 Å². The van der Waals surface area contributed by atoms with Gasteiger partial charge in [0, 0.05) is 5.57 Å². The van der Waals surface area contributed by atoms with Crippen LogP contribution in [0.4, 0.5) is 0 Å². The molecule has 0 amide bonds. The van der Waals surface area contributed by atoms with Crippen LogP contribution in [0.15, 0.2) is 23.8 Å². The Morgan fingerprint density at radius 3 is 2.18 bits per heavy atom. The second-order valence-corrected chi connectivity index (χ2v) is 3.62. The molecule has 0 saturated heterocycles. The Morgan fingerprint density at radius 1 is 1.12 bits per heavy atom. The minimum Gasteiger partial charge on any atom is -0.493 e. The number of carboxylic acid groups (broad SMARTS) is 1. The number of allylic oxidation sites excluding steroid dienone is 1. The molecule has 0 aromatic heterocycles. The normalized spacial score (nSPS) is 11.8. The number of benzene rings is 1. The van der Waals surface area contributed by atoms with Crippen molar-refractivity contribution in [2.75, 3.05) is 14.2 Å². The van der Waals surface area contributed by atoms with Gasteiger partial charge in [-0.05, 0) is 37.1 Å². The molecule has 1 rings (SSSR count). The van der Waals surface area contributed by atoms with Crippen LogP contribution in [-0.2, 0) is 4.79 Å². The number of aliphatic carboxylic acids is 1. The average molecular weight is 236 g/mol. The fourth-order valence-electron chi connectivity index (χ4n) is 1.45. The van der Waals surface area contributed by atoms with Crippen LogP contribution in [-0.4, -0.2) is 25.3 Å². The molecule has 0 heterocycles. The van der Waals surface area contributed by atoms with Gasteiger partial charge in [0.05, 0.1) is 14.2 Å². The van der Waals surface area contributed by atoms with Gasteiger partial charge < -0.3 is 14.6 Å². The van der Waals surface area contributed by atoms with Crippen molar-refractivity contribution >= 4 is 11.5 Å².